The highest BCUT2D eigenvalue weighted by atomic mass is 16.5. The minimum absolute atomic E-state index is 0.131. The molecule has 0 aliphatic carbocycles. The van der Waals surface area contributed by atoms with Crippen LogP contribution < -0.4 is 4.74 Å². The van der Waals surface area contributed by atoms with Crippen LogP contribution in [0.15, 0.2) is 53.4 Å². The van der Waals surface area contributed by atoms with Crippen LogP contribution in [0.4, 0.5) is 0 Å². The molecule has 0 aliphatic rings. The van der Waals surface area contributed by atoms with Crippen molar-refractivity contribution in [1.82, 2.24) is 5.16 Å². The van der Waals surface area contributed by atoms with Crippen molar-refractivity contribution in [2.24, 2.45) is 0 Å². The molecule has 3 aromatic rings. The van der Waals surface area contributed by atoms with Gasteiger partial charge in [0, 0.05) is 11.1 Å². The van der Waals surface area contributed by atoms with Crippen molar-refractivity contribution in [2.45, 2.75) is 6.61 Å². The summed E-state index contributed by atoms with van der Waals surface area (Å²) in [6.45, 7) is 0.294. The molecule has 0 radical (unpaired) electrons. The molecule has 1 aromatic heterocycles. The van der Waals surface area contributed by atoms with Gasteiger partial charge in [0.25, 0.3) is 0 Å². The van der Waals surface area contributed by atoms with Gasteiger partial charge in [-0.05, 0) is 35.0 Å². The van der Waals surface area contributed by atoms with E-state index in [4.69, 9.17) is 14.4 Å². The second-order valence-corrected chi connectivity index (χ2v) is 4.50. The van der Waals surface area contributed by atoms with Crippen LogP contribution in [0.1, 0.15) is 11.1 Å². The number of hydrogen-bond donors (Lipinski definition) is 1. The Kier molecular flexibility index (Phi) is 3.85. The lowest BCUT2D eigenvalue weighted by Gasteiger charge is -2.06. The van der Waals surface area contributed by atoms with Crippen LogP contribution >= 0.6 is 0 Å². The van der Waals surface area contributed by atoms with E-state index in [1.54, 1.807) is 12.5 Å². The lowest BCUT2D eigenvalue weighted by atomic mass is 10.1. The van der Waals surface area contributed by atoms with Gasteiger partial charge in [-0.25, -0.2) is 0 Å². The molecular formula is C17H13NO3. The highest BCUT2D eigenvalue weighted by molar-refractivity contribution is 5.85. The Morgan fingerprint density at radius 2 is 2.00 bits per heavy atom. The zero-order chi connectivity index (χ0) is 14.5. The average Bonchev–Trinajstić information content (AvgIpc) is 3.04. The standard InChI is InChI=1S/C17H13NO3/c19-7-1-2-13-3-4-16-9-17(6-5-15(16)8-13)20-11-14-10-18-21-12-14/h3-6,8-10,12,19H,7,11H2. The van der Waals surface area contributed by atoms with Crippen LogP contribution in [0.5, 0.6) is 5.75 Å². The lowest BCUT2D eigenvalue weighted by Crippen LogP contribution is -1.93. The summed E-state index contributed by atoms with van der Waals surface area (Å²) >= 11 is 0. The third kappa shape index (κ3) is 3.22. The Bertz CT molecular complexity index is 798. The third-order valence-electron chi connectivity index (χ3n) is 3.01. The van der Waals surface area contributed by atoms with Crippen LogP contribution in [0.25, 0.3) is 10.8 Å². The van der Waals surface area contributed by atoms with Gasteiger partial charge in [-0.3, -0.25) is 0 Å². The van der Waals surface area contributed by atoms with E-state index in [0.29, 0.717) is 6.61 Å². The second kappa shape index (κ2) is 6.12. The first kappa shape index (κ1) is 13.2. The lowest BCUT2D eigenvalue weighted by molar-refractivity contribution is 0.305. The molecular weight excluding hydrogens is 266 g/mol. The molecule has 0 aliphatic heterocycles. The first-order chi connectivity index (χ1) is 10.3. The summed E-state index contributed by atoms with van der Waals surface area (Å²) in [4.78, 5) is 0. The highest BCUT2D eigenvalue weighted by Crippen LogP contribution is 2.22. The SMILES string of the molecule is OCC#Cc1ccc2cc(OCc3cnoc3)ccc2c1. The Labute approximate surface area is 122 Å². The van der Waals surface area contributed by atoms with Crippen molar-refractivity contribution in [2.75, 3.05) is 6.61 Å². The normalized spacial score (nSPS) is 10.1. The molecule has 104 valence electrons. The number of ether oxygens (including phenoxy) is 1. The summed E-state index contributed by atoms with van der Waals surface area (Å²) < 4.78 is 10.5. The molecule has 21 heavy (non-hydrogen) atoms. The number of aliphatic hydroxyl groups is 1. The van der Waals surface area contributed by atoms with Crippen LogP contribution in [0.2, 0.25) is 0 Å². The van der Waals surface area contributed by atoms with E-state index >= 15 is 0 Å². The fourth-order valence-electron chi connectivity index (χ4n) is 2.00. The van der Waals surface area contributed by atoms with E-state index in [1.807, 2.05) is 36.4 Å². The third-order valence-corrected chi connectivity index (χ3v) is 3.01. The molecule has 1 heterocycles. The Balaban J connectivity index is 1.80. The van der Waals surface area contributed by atoms with Gasteiger partial charge in [0.15, 0.2) is 0 Å². The molecule has 2 aromatic carbocycles. The first-order valence-corrected chi connectivity index (χ1v) is 6.50. The minimum Gasteiger partial charge on any atom is -0.489 e. The number of hydrogen-bond acceptors (Lipinski definition) is 4. The van der Waals surface area contributed by atoms with Crippen LogP contribution in [-0.4, -0.2) is 16.9 Å². The van der Waals surface area contributed by atoms with Crippen molar-refractivity contribution in [3.05, 3.63) is 60.0 Å². The zero-order valence-corrected chi connectivity index (χ0v) is 11.2. The maximum Gasteiger partial charge on any atom is 0.130 e. The number of fused-ring (bicyclic) bond motifs is 1. The number of aromatic nitrogens is 1. The number of rotatable bonds is 3. The molecule has 4 heteroatoms. The Morgan fingerprint density at radius 3 is 2.81 bits per heavy atom. The quantitative estimate of drug-likeness (QED) is 0.749. The van der Waals surface area contributed by atoms with E-state index in [2.05, 4.69) is 17.0 Å². The van der Waals surface area contributed by atoms with E-state index in [1.165, 1.54) is 0 Å². The molecule has 0 atom stereocenters. The van der Waals surface area contributed by atoms with Crippen molar-refractivity contribution < 1.29 is 14.4 Å². The minimum atomic E-state index is -0.131. The largest absolute Gasteiger partial charge is 0.489 e. The van der Waals surface area contributed by atoms with Crippen molar-refractivity contribution in [1.29, 1.82) is 0 Å². The predicted octanol–water partition coefficient (Wildman–Crippen LogP) is 2.75. The van der Waals surface area contributed by atoms with E-state index < -0.39 is 0 Å². The van der Waals surface area contributed by atoms with Gasteiger partial charge >= 0.3 is 0 Å². The maximum atomic E-state index is 8.71. The fraction of sp³-hybridized carbons (Fsp3) is 0.118. The van der Waals surface area contributed by atoms with Gasteiger partial charge in [-0.2, -0.15) is 0 Å². The van der Waals surface area contributed by atoms with Crippen LogP contribution in [0, 0.1) is 11.8 Å². The van der Waals surface area contributed by atoms with Crippen molar-refractivity contribution >= 4 is 10.8 Å². The van der Waals surface area contributed by atoms with Gasteiger partial charge in [-0.15, -0.1) is 0 Å². The topological polar surface area (TPSA) is 55.5 Å². The summed E-state index contributed by atoms with van der Waals surface area (Å²) in [6, 6.07) is 11.8. The van der Waals surface area contributed by atoms with Crippen LogP contribution in [0.3, 0.4) is 0 Å². The molecule has 1 N–H and O–H groups in total. The molecule has 0 saturated carbocycles. The second-order valence-electron chi connectivity index (χ2n) is 4.50. The van der Waals surface area contributed by atoms with E-state index in [9.17, 15) is 0 Å². The molecule has 0 fully saturated rings. The van der Waals surface area contributed by atoms with Crippen molar-refractivity contribution in [3.8, 4) is 17.6 Å². The molecule has 0 unspecified atom stereocenters. The monoisotopic (exact) mass is 279 g/mol. The predicted molar refractivity (Wildman–Crippen MR) is 78.7 cm³/mol. The molecule has 4 nitrogen and oxygen atoms in total. The van der Waals surface area contributed by atoms with E-state index in [-0.39, 0.29) is 6.61 Å². The van der Waals surface area contributed by atoms with Crippen LogP contribution in [-0.2, 0) is 6.61 Å². The van der Waals surface area contributed by atoms with Gasteiger partial charge < -0.3 is 14.4 Å². The van der Waals surface area contributed by atoms with Gasteiger partial charge in [-0.1, -0.05) is 29.1 Å². The summed E-state index contributed by atoms with van der Waals surface area (Å²) in [7, 11) is 0. The molecule has 0 spiro atoms. The summed E-state index contributed by atoms with van der Waals surface area (Å²) in [5, 5.41) is 14.5. The molecule has 0 bridgehead atoms. The zero-order valence-electron chi connectivity index (χ0n) is 11.2. The van der Waals surface area contributed by atoms with Gasteiger partial charge in [0.1, 0.15) is 25.2 Å². The molecule has 0 amide bonds. The average molecular weight is 279 g/mol. The van der Waals surface area contributed by atoms with Gasteiger partial charge in [0.05, 0.1) is 6.20 Å². The number of benzene rings is 2. The van der Waals surface area contributed by atoms with Crippen molar-refractivity contribution in [3.63, 3.8) is 0 Å². The summed E-state index contributed by atoms with van der Waals surface area (Å²) in [5.41, 5.74) is 1.78. The van der Waals surface area contributed by atoms with Gasteiger partial charge in [0.2, 0.25) is 0 Å². The maximum absolute atomic E-state index is 8.71. The first-order valence-electron chi connectivity index (χ1n) is 6.50. The summed E-state index contributed by atoms with van der Waals surface area (Å²) in [6.07, 6.45) is 3.19. The number of nitrogens with zero attached hydrogens (tertiary/aromatic N) is 1. The molecule has 0 saturated heterocycles. The molecule has 3 rings (SSSR count). The fourth-order valence-corrected chi connectivity index (χ4v) is 2.00. The summed E-state index contributed by atoms with van der Waals surface area (Å²) in [5.74, 6) is 6.33. The van der Waals surface area contributed by atoms with E-state index in [0.717, 1.165) is 27.6 Å². The smallest absolute Gasteiger partial charge is 0.130 e. The number of aliphatic hydroxyl groups excluding tert-OH is 1. The Morgan fingerprint density at radius 1 is 1.14 bits per heavy atom. The highest BCUT2D eigenvalue weighted by Gasteiger charge is 2.01. The Hall–Kier alpha value is -2.77.